The molecule has 0 fully saturated rings. The molecule has 1 aromatic rings. The summed E-state index contributed by atoms with van der Waals surface area (Å²) < 4.78 is 0. The van der Waals surface area contributed by atoms with Crippen molar-refractivity contribution in [2.75, 3.05) is 13.6 Å². The second kappa shape index (κ2) is 6.41. The van der Waals surface area contributed by atoms with E-state index < -0.39 is 0 Å². The van der Waals surface area contributed by atoms with Gasteiger partial charge in [0.05, 0.1) is 0 Å². The predicted molar refractivity (Wildman–Crippen MR) is 68.0 cm³/mol. The molecule has 1 nitrogen and oxygen atoms in total. The van der Waals surface area contributed by atoms with Crippen molar-refractivity contribution < 1.29 is 0 Å². The van der Waals surface area contributed by atoms with Gasteiger partial charge in [0.15, 0.2) is 0 Å². The Morgan fingerprint density at radius 1 is 1.27 bits per heavy atom. The third-order valence-corrected chi connectivity index (χ3v) is 2.68. The van der Waals surface area contributed by atoms with Crippen LogP contribution in [0, 0.1) is 6.92 Å². The number of unbranched alkanes of at least 4 members (excludes halogenated alkanes) is 1. The van der Waals surface area contributed by atoms with Crippen LogP contribution >= 0.6 is 0 Å². The summed E-state index contributed by atoms with van der Waals surface area (Å²) >= 11 is 0. The molecule has 1 rings (SSSR count). The second-order valence-electron chi connectivity index (χ2n) is 3.98. The maximum atomic E-state index is 4.16. The highest BCUT2D eigenvalue weighted by Crippen LogP contribution is 2.21. The van der Waals surface area contributed by atoms with Crippen LogP contribution in [-0.4, -0.2) is 13.6 Å². The number of hydrogen-bond acceptors (Lipinski definition) is 1. The molecule has 0 heterocycles. The Morgan fingerprint density at radius 3 is 2.67 bits per heavy atom. The van der Waals surface area contributed by atoms with E-state index in [1.165, 1.54) is 29.5 Å². The topological polar surface area (TPSA) is 12.0 Å². The summed E-state index contributed by atoms with van der Waals surface area (Å²) in [6.07, 6.45) is 3.54. The molecule has 0 unspecified atom stereocenters. The molecule has 0 spiro atoms. The van der Waals surface area contributed by atoms with E-state index in [1.807, 2.05) is 7.05 Å². The van der Waals surface area contributed by atoms with E-state index in [0.717, 1.165) is 13.0 Å². The summed E-state index contributed by atoms with van der Waals surface area (Å²) in [4.78, 5) is 0. The number of hydrogen-bond donors (Lipinski definition) is 1. The van der Waals surface area contributed by atoms with Crippen molar-refractivity contribution >= 4 is 5.57 Å². The molecule has 1 heteroatoms. The van der Waals surface area contributed by atoms with Gasteiger partial charge in [0.2, 0.25) is 0 Å². The molecule has 0 aliphatic carbocycles. The van der Waals surface area contributed by atoms with E-state index in [-0.39, 0.29) is 0 Å². The van der Waals surface area contributed by atoms with E-state index >= 15 is 0 Å². The smallest absolute Gasteiger partial charge is 0.00518 e. The molecule has 0 aromatic heterocycles. The highest BCUT2D eigenvalue weighted by molar-refractivity contribution is 5.65. The maximum absolute atomic E-state index is 4.16. The second-order valence-corrected chi connectivity index (χ2v) is 3.98. The van der Waals surface area contributed by atoms with Crippen molar-refractivity contribution in [3.63, 3.8) is 0 Å². The van der Waals surface area contributed by atoms with Crippen LogP contribution in [-0.2, 0) is 0 Å². The fourth-order valence-corrected chi connectivity index (χ4v) is 1.74. The normalized spacial score (nSPS) is 10.3. The van der Waals surface area contributed by atoms with Crippen molar-refractivity contribution in [1.29, 1.82) is 0 Å². The number of rotatable bonds is 6. The van der Waals surface area contributed by atoms with Gasteiger partial charge in [0, 0.05) is 0 Å². The van der Waals surface area contributed by atoms with Gasteiger partial charge < -0.3 is 5.32 Å². The Hall–Kier alpha value is -1.08. The van der Waals surface area contributed by atoms with Gasteiger partial charge in [0.25, 0.3) is 0 Å². The SMILES string of the molecule is C=C(CCCCNC)c1ccccc1C. The van der Waals surface area contributed by atoms with Gasteiger partial charge in [-0.25, -0.2) is 0 Å². The number of allylic oxidation sites excluding steroid dienone is 1. The van der Waals surface area contributed by atoms with Crippen LogP contribution in [0.3, 0.4) is 0 Å². The first-order chi connectivity index (χ1) is 7.25. The van der Waals surface area contributed by atoms with E-state index in [9.17, 15) is 0 Å². The van der Waals surface area contributed by atoms with E-state index in [4.69, 9.17) is 0 Å². The van der Waals surface area contributed by atoms with Crippen LogP contribution in [0.4, 0.5) is 0 Å². The monoisotopic (exact) mass is 203 g/mol. The molecule has 1 N–H and O–H groups in total. The quantitative estimate of drug-likeness (QED) is 0.699. The molecule has 0 aliphatic rings. The zero-order valence-corrected chi connectivity index (χ0v) is 9.84. The number of benzene rings is 1. The minimum Gasteiger partial charge on any atom is -0.320 e. The molecule has 0 saturated heterocycles. The Labute approximate surface area is 93.2 Å². The fraction of sp³-hybridized carbons (Fsp3) is 0.429. The highest BCUT2D eigenvalue weighted by atomic mass is 14.8. The first-order valence-corrected chi connectivity index (χ1v) is 5.64. The van der Waals surface area contributed by atoms with Crippen molar-refractivity contribution in [2.24, 2.45) is 0 Å². The van der Waals surface area contributed by atoms with Gasteiger partial charge in [-0.1, -0.05) is 30.8 Å². The Morgan fingerprint density at radius 2 is 2.00 bits per heavy atom. The molecule has 0 saturated carbocycles. The minimum absolute atomic E-state index is 1.10. The molecular formula is C14H21N. The average Bonchev–Trinajstić information content (AvgIpc) is 2.25. The van der Waals surface area contributed by atoms with Crippen LogP contribution in [0.5, 0.6) is 0 Å². The average molecular weight is 203 g/mol. The first-order valence-electron chi connectivity index (χ1n) is 5.64. The van der Waals surface area contributed by atoms with Crippen molar-refractivity contribution in [3.8, 4) is 0 Å². The highest BCUT2D eigenvalue weighted by Gasteiger charge is 2.01. The standard InChI is InChI=1S/C14H21N/c1-12-8-4-5-10-14(12)13(2)9-6-7-11-15-3/h4-5,8,10,15H,2,6-7,9,11H2,1,3H3. The molecule has 0 radical (unpaired) electrons. The van der Waals surface area contributed by atoms with Crippen LogP contribution in [0.25, 0.3) is 5.57 Å². The van der Waals surface area contributed by atoms with Gasteiger partial charge in [-0.15, -0.1) is 0 Å². The Kier molecular flexibility index (Phi) is 5.13. The van der Waals surface area contributed by atoms with E-state index in [0.29, 0.717) is 0 Å². The van der Waals surface area contributed by atoms with Crippen molar-refractivity contribution in [1.82, 2.24) is 5.32 Å². The molecule has 1 aromatic carbocycles. The van der Waals surface area contributed by atoms with Gasteiger partial charge in [-0.2, -0.15) is 0 Å². The van der Waals surface area contributed by atoms with Crippen molar-refractivity contribution in [2.45, 2.75) is 26.2 Å². The zero-order chi connectivity index (χ0) is 11.1. The summed E-state index contributed by atoms with van der Waals surface area (Å²) in [6, 6.07) is 8.47. The van der Waals surface area contributed by atoms with Gasteiger partial charge in [-0.05, 0) is 56.5 Å². The largest absolute Gasteiger partial charge is 0.320 e. The predicted octanol–water partition coefficient (Wildman–Crippen LogP) is 3.40. The third kappa shape index (κ3) is 3.88. The summed E-state index contributed by atoms with van der Waals surface area (Å²) in [7, 11) is 2.00. The molecule has 0 atom stereocenters. The van der Waals surface area contributed by atoms with Gasteiger partial charge >= 0.3 is 0 Å². The Balaban J connectivity index is 2.44. The molecule has 0 bridgehead atoms. The molecule has 82 valence electrons. The lowest BCUT2D eigenvalue weighted by atomic mass is 9.98. The van der Waals surface area contributed by atoms with Crippen molar-refractivity contribution in [3.05, 3.63) is 42.0 Å². The van der Waals surface area contributed by atoms with Crippen LogP contribution < -0.4 is 5.32 Å². The Bertz CT molecular complexity index is 315. The van der Waals surface area contributed by atoms with Crippen LogP contribution in [0.15, 0.2) is 30.8 Å². The van der Waals surface area contributed by atoms with Gasteiger partial charge in [-0.3, -0.25) is 0 Å². The summed E-state index contributed by atoms with van der Waals surface area (Å²) in [5, 5.41) is 3.16. The summed E-state index contributed by atoms with van der Waals surface area (Å²) in [6.45, 7) is 7.41. The van der Waals surface area contributed by atoms with E-state index in [1.54, 1.807) is 0 Å². The van der Waals surface area contributed by atoms with Crippen LogP contribution in [0.2, 0.25) is 0 Å². The lowest BCUT2D eigenvalue weighted by molar-refractivity contribution is 0.689. The summed E-state index contributed by atoms with van der Waals surface area (Å²) in [5.41, 5.74) is 3.92. The zero-order valence-electron chi connectivity index (χ0n) is 9.84. The fourth-order valence-electron chi connectivity index (χ4n) is 1.74. The lowest BCUT2D eigenvalue weighted by Gasteiger charge is -2.08. The van der Waals surface area contributed by atoms with E-state index in [2.05, 4.69) is 43.1 Å². The molecule has 15 heavy (non-hydrogen) atoms. The first kappa shape index (κ1) is 12.0. The molecular weight excluding hydrogens is 182 g/mol. The number of aryl methyl sites for hydroxylation is 1. The minimum atomic E-state index is 1.10. The maximum Gasteiger partial charge on any atom is -0.00518 e. The molecule has 0 amide bonds. The third-order valence-electron chi connectivity index (χ3n) is 2.68. The van der Waals surface area contributed by atoms with Gasteiger partial charge in [0.1, 0.15) is 0 Å². The molecule has 0 aliphatic heterocycles. The summed E-state index contributed by atoms with van der Waals surface area (Å²) in [5.74, 6) is 0. The lowest BCUT2D eigenvalue weighted by Crippen LogP contribution is -2.07. The van der Waals surface area contributed by atoms with Crippen LogP contribution in [0.1, 0.15) is 30.4 Å². The number of nitrogens with one attached hydrogen (secondary N) is 1.